The molecule has 0 aliphatic carbocycles. The number of rotatable bonds is 2. The standard InChI is InChI=1S/C10H13FN2O2S/c11-7-3-4-10(16(12,14)15)8(6-7)9-2-1-5-13-9/h3-4,6,9,13H,1-2,5H2,(H2,12,14,15)/t9-/m0/s1. The second-order valence-corrected chi connectivity index (χ2v) is 5.41. The maximum Gasteiger partial charge on any atom is 0.238 e. The summed E-state index contributed by atoms with van der Waals surface area (Å²) >= 11 is 0. The monoisotopic (exact) mass is 244 g/mol. The van der Waals surface area contributed by atoms with Gasteiger partial charge in [0.15, 0.2) is 0 Å². The van der Waals surface area contributed by atoms with Crippen molar-refractivity contribution in [3.8, 4) is 0 Å². The largest absolute Gasteiger partial charge is 0.310 e. The van der Waals surface area contributed by atoms with Crippen molar-refractivity contribution >= 4 is 10.0 Å². The molecule has 4 nitrogen and oxygen atoms in total. The number of halogens is 1. The van der Waals surface area contributed by atoms with Gasteiger partial charge >= 0.3 is 0 Å². The second-order valence-electron chi connectivity index (χ2n) is 3.88. The molecule has 1 aromatic carbocycles. The Hall–Kier alpha value is -0.980. The molecule has 6 heteroatoms. The number of benzene rings is 1. The number of hydrogen-bond donors (Lipinski definition) is 2. The third-order valence-electron chi connectivity index (χ3n) is 2.71. The summed E-state index contributed by atoms with van der Waals surface area (Å²) in [6.07, 6.45) is 1.75. The Morgan fingerprint density at radius 1 is 1.44 bits per heavy atom. The molecule has 1 fully saturated rings. The van der Waals surface area contributed by atoms with Crippen molar-refractivity contribution in [3.63, 3.8) is 0 Å². The van der Waals surface area contributed by atoms with E-state index >= 15 is 0 Å². The highest BCUT2D eigenvalue weighted by Crippen LogP contribution is 2.28. The number of hydrogen-bond acceptors (Lipinski definition) is 3. The van der Waals surface area contributed by atoms with Crippen molar-refractivity contribution in [2.75, 3.05) is 6.54 Å². The van der Waals surface area contributed by atoms with E-state index in [-0.39, 0.29) is 10.9 Å². The topological polar surface area (TPSA) is 72.2 Å². The van der Waals surface area contributed by atoms with Crippen LogP contribution in [0, 0.1) is 5.82 Å². The van der Waals surface area contributed by atoms with Gasteiger partial charge in [0.05, 0.1) is 4.90 Å². The van der Waals surface area contributed by atoms with E-state index < -0.39 is 15.8 Å². The number of primary sulfonamides is 1. The zero-order chi connectivity index (χ0) is 11.8. The fourth-order valence-electron chi connectivity index (χ4n) is 2.00. The Bertz CT molecular complexity index is 496. The minimum Gasteiger partial charge on any atom is -0.310 e. The Morgan fingerprint density at radius 2 is 2.19 bits per heavy atom. The molecule has 88 valence electrons. The lowest BCUT2D eigenvalue weighted by atomic mass is 10.1. The summed E-state index contributed by atoms with van der Waals surface area (Å²) in [6, 6.07) is 3.45. The zero-order valence-corrected chi connectivity index (χ0v) is 9.43. The Kier molecular flexibility index (Phi) is 2.96. The van der Waals surface area contributed by atoms with E-state index in [2.05, 4.69) is 5.32 Å². The van der Waals surface area contributed by atoms with E-state index in [1.807, 2.05) is 0 Å². The highest BCUT2D eigenvalue weighted by Gasteiger charge is 2.23. The fraction of sp³-hybridized carbons (Fsp3) is 0.400. The van der Waals surface area contributed by atoms with Crippen LogP contribution in [0.4, 0.5) is 4.39 Å². The number of nitrogens with two attached hydrogens (primary N) is 1. The maximum atomic E-state index is 13.1. The van der Waals surface area contributed by atoms with Gasteiger partial charge in [0.25, 0.3) is 0 Å². The van der Waals surface area contributed by atoms with Crippen LogP contribution in [-0.2, 0) is 10.0 Å². The van der Waals surface area contributed by atoms with Crippen LogP contribution in [0.2, 0.25) is 0 Å². The smallest absolute Gasteiger partial charge is 0.238 e. The molecule has 1 aliphatic rings. The average molecular weight is 244 g/mol. The van der Waals surface area contributed by atoms with Gasteiger partial charge in [0, 0.05) is 6.04 Å². The molecule has 0 spiro atoms. The first-order chi connectivity index (χ1) is 7.48. The van der Waals surface area contributed by atoms with Gasteiger partial charge in [0.2, 0.25) is 10.0 Å². The first-order valence-corrected chi connectivity index (χ1v) is 6.59. The van der Waals surface area contributed by atoms with Crippen LogP contribution in [0.3, 0.4) is 0 Å². The molecule has 0 bridgehead atoms. The molecule has 2 rings (SSSR count). The molecule has 1 aromatic rings. The van der Waals surface area contributed by atoms with Crippen LogP contribution in [-0.4, -0.2) is 15.0 Å². The zero-order valence-electron chi connectivity index (χ0n) is 8.61. The van der Waals surface area contributed by atoms with Crippen LogP contribution in [0.1, 0.15) is 24.4 Å². The summed E-state index contributed by atoms with van der Waals surface area (Å²) in [5, 5.41) is 8.22. The average Bonchev–Trinajstić information content (AvgIpc) is 2.68. The van der Waals surface area contributed by atoms with Crippen molar-refractivity contribution in [1.82, 2.24) is 5.32 Å². The van der Waals surface area contributed by atoms with E-state index in [0.717, 1.165) is 25.5 Å². The van der Waals surface area contributed by atoms with Crippen LogP contribution in [0.15, 0.2) is 23.1 Å². The van der Waals surface area contributed by atoms with E-state index in [0.29, 0.717) is 5.56 Å². The van der Waals surface area contributed by atoms with E-state index in [4.69, 9.17) is 5.14 Å². The van der Waals surface area contributed by atoms with Gasteiger partial charge in [-0.05, 0) is 43.1 Å². The van der Waals surface area contributed by atoms with Gasteiger partial charge in [-0.15, -0.1) is 0 Å². The Labute approximate surface area is 93.7 Å². The second kappa shape index (κ2) is 4.12. The van der Waals surface area contributed by atoms with Crippen LogP contribution < -0.4 is 10.5 Å². The van der Waals surface area contributed by atoms with Crippen molar-refractivity contribution < 1.29 is 12.8 Å². The number of nitrogens with one attached hydrogen (secondary N) is 1. The number of sulfonamides is 1. The van der Waals surface area contributed by atoms with Gasteiger partial charge < -0.3 is 5.32 Å². The summed E-state index contributed by atoms with van der Waals surface area (Å²) in [7, 11) is -3.79. The highest BCUT2D eigenvalue weighted by molar-refractivity contribution is 7.89. The molecule has 1 saturated heterocycles. The van der Waals surface area contributed by atoms with Gasteiger partial charge in [-0.2, -0.15) is 0 Å². The maximum absolute atomic E-state index is 13.1. The molecule has 0 amide bonds. The summed E-state index contributed by atoms with van der Waals surface area (Å²) in [6.45, 7) is 0.811. The molecule has 0 unspecified atom stereocenters. The highest BCUT2D eigenvalue weighted by atomic mass is 32.2. The molecule has 3 N–H and O–H groups in total. The van der Waals surface area contributed by atoms with Crippen molar-refractivity contribution in [3.05, 3.63) is 29.6 Å². The predicted octanol–water partition coefficient (Wildman–Crippen LogP) is 0.898. The van der Waals surface area contributed by atoms with E-state index in [1.54, 1.807) is 0 Å². The summed E-state index contributed by atoms with van der Waals surface area (Å²) < 4.78 is 35.8. The van der Waals surface area contributed by atoms with Crippen LogP contribution >= 0.6 is 0 Å². The van der Waals surface area contributed by atoms with Crippen molar-refractivity contribution in [2.24, 2.45) is 5.14 Å². The minimum atomic E-state index is -3.79. The molecule has 1 aliphatic heterocycles. The van der Waals surface area contributed by atoms with Gasteiger partial charge in [-0.3, -0.25) is 0 Å². The molecular formula is C10H13FN2O2S. The first-order valence-electron chi connectivity index (χ1n) is 5.04. The van der Waals surface area contributed by atoms with E-state index in [1.165, 1.54) is 12.1 Å². The van der Waals surface area contributed by atoms with Crippen LogP contribution in [0.5, 0.6) is 0 Å². The molecule has 0 aromatic heterocycles. The molecule has 1 atom stereocenters. The quantitative estimate of drug-likeness (QED) is 0.811. The first kappa shape index (κ1) is 11.5. The summed E-state index contributed by atoms with van der Waals surface area (Å²) in [5.41, 5.74) is 0.431. The third-order valence-corrected chi connectivity index (χ3v) is 3.70. The lowest BCUT2D eigenvalue weighted by Gasteiger charge is -2.14. The molecular weight excluding hydrogens is 231 g/mol. The van der Waals surface area contributed by atoms with Gasteiger partial charge in [0.1, 0.15) is 5.82 Å². The van der Waals surface area contributed by atoms with Crippen LogP contribution in [0.25, 0.3) is 0 Å². The minimum absolute atomic E-state index is 0.00769. The lowest BCUT2D eigenvalue weighted by molar-refractivity contribution is 0.579. The van der Waals surface area contributed by atoms with E-state index in [9.17, 15) is 12.8 Å². The molecule has 0 saturated carbocycles. The lowest BCUT2D eigenvalue weighted by Crippen LogP contribution is -2.20. The molecule has 16 heavy (non-hydrogen) atoms. The normalized spacial score (nSPS) is 21.2. The fourth-order valence-corrected chi connectivity index (χ4v) is 2.79. The van der Waals surface area contributed by atoms with Crippen molar-refractivity contribution in [1.29, 1.82) is 0 Å². The Balaban J connectivity index is 2.52. The SMILES string of the molecule is NS(=O)(=O)c1ccc(F)cc1[C@@H]1CCCN1. The summed E-state index contributed by atoms with van der Waals surface area (Å²) in [5.74, 6) is -0.448. The molecule has 1 heterocycles. The van der Waals surface area contributed by atoms with Gasteiger partial charge in [-0.1, -0.05) is 0 Å². The predicted molar refractivity (Wildman–Crippen MR) is 57.8 cm³/mol. The molecule has 0 radical (unpaired) electrons. The Morgan fingerprint density at radius 3 is 2.75 bits per heavy atom. The van der Waals surface area contributed by atoms with Gasteiger partial charge in [-0.25, -0.2) is 17.9 Å². The summed E-state index contributed by atoms with van der Waals surface area (Å²) in [4.78, 5) is 0.00769. The third kappa shape index (κ3) is 2.23. The van der Waals surface area contributed by atoms with Crippen molar-refractivity contribution in [2.45, 2.75) is 23.8 Å².